The lowest BCUT2D eigenvalue weighted by Gasteiger charge is -2.25. The Balaban J connectivity index is 4.29. The molecule has 0 bridgehead atoms. The number of nitrogens with zero attached hydrogens (tertiary/aromatic N) is 1. The predicted molar refractivity (Wildman–Crippen MR) is 308 cm³/mol. The second-order valence-corrected chi connectivity index (χ2v) is 19.8. The standard InChI is InChI=1S/C64H105NO8/c1-6-8-10-12-14-16-18-20-22-24-26-27-28-29-30-31-32-33-34-35-37-38-40-42-44-46-48-50-52-54-61(66)71-58-60(59-72-64(63(68)69)70-57-56-65(3,4)5)73-62(67)55-53-51-49-47-45-43-41-39-36-25-23-21-19-17-15-13-11-9-7-2/h8-11,14-17,20-23,26-27,36,39,43,45,49,51,60,64H,6-7,12-13,18-19,24-25,28-35,37-38,40-42,44,46-48,50,52-59H2,1-5H3/p+1/b10-8-,11-9-,16-14-,17-15-,22-20-,23-21-,27-26-,39-36-,45-43-,51-49-. The molecule has 0 aliphatic rings. The van der Waals surface area contributed by atoms with Crippen LogP contribution in [-0.2, 0) is 33.3 Å². The Labute approximate surface area is 447 Å². The maximum atomic E-state index is 12.8. The summed E-state index contributed by atoms with van der Waals surface area (Å²) in [6, 6.07) is 0. The highest BCUT2D eigenvalue weighted by molar-refractivity contribution is 5.71. The zero-order chi connectivity index (χ0) is 53.4. The molecule has 73 heavy (non-hydrogen) atoms. The largest absolute Gasteiger partial charge is 0.477 e. The van der Waals surface area contributed by atoms with Crippen LogP contribution < -0.4 is 0 Å². The van der Waals surface area contributed by atoms with Gasteiger partial charge in [-0.25, -0.2) is 4.79 Å². The highest BCUT2D eigenvalue weighted by Crippen LogP contribution is 2.15. The lowest BCUT2D eigenvalue weighted by Crippen LogP contribution is -2.40. The molecule has 9 heteroatoms. The van der Waals surface area contributed by atoms with E-state index in [1.807, 2.05) is 33.3 Å². The van der Waals surface area contributed by atoms with Gasteiger partial charge in [-0.1, -0.05) is 225 Å². The molecule has 0 fully saturated rings. The van der Waals surface area contributed by atoms with Crippen molar-refractivity contribution in [2.75, 3.05) is 47.5 Å². The molecular formula is C64H106NO8+. The lowest BCUT2D eigenvalue weighted by molar-refractivity contribution is -0.870. The molecule has 0 amide bonds. The number of carboxylic acid groups (broad SMARTS) is 1. The van der Waals surface area contributed by atoms with Crippen LogP contribution in [0.5, 0.6) is 0 Å². The molecule has 0 aliphatic heterocycles. The summed E-state index contributed by atoms with van der Waals surface area (Å²) < 4.78 is 22.8. The number of unbranched alkanes of at least 4 members (excludes halogenated alkanes) is 16. The number of ether oxygens (including phenoxy) is 4. The average molecular weight is 1020 g/mol. The van der Waals surface area contributed by atoms with Gasteiger partial charge in [-0.2, -0.15) is 0 Å². The van der Waals surface area contributed by atoms with E-state index in [1.165, 1.54) is 89.9 Å². The molecule has 2 atom stereocenters. The van der Waals surface area contributed by atoms with Crippen molar-refractivity contribution in [1.82, 2.24) is 0 Å². The summed E-state index contributed by atoms with van der Waals surface area (Å²) >= 11 is 0. The molecule has 0 aromatic heterocycles. The minimum absolute atomic E-state index is 0.129. The molecular weight excluding hydrogens is 911 g/mol. The van der Waals surface area contributed by atoms with Crippen LogP contribution >= 0.6 is 0 Å². The van der Waals surface area contributed by atoms with Gasteiger partial charge in [0, 0.05) is 12.8 Å². The van der Waals surface area contributed by atoms with Gasteiger partial charge in [-0.05, 0) is 89.9 Å². The van der Waals surface area contributed by atoms with Crippen LogP contribution in [-0.4, -0.2) is 87.4 Å². The summed E-state index contributed by atoms with van der Waals surface area (Å²) in [6.07, 6.45) is 73.0. The van der Waals surface area contributed by atoms with Crippen LogP contribution in [0.4, 0.5) is 0 Å². The van der Waals surface area contributed by atoms with Crippen LogP contribution in [0.2, 0.25) is 0 Å². The number of hydrogen-bond acceptors (Lipinski definition) is 7. The van der Waals surface area contributed by atoms with Crippen molar-refractivity contribution < 1.29 is 42.9 Å². The fraction of sp³-hybridized carbons (Fsp3) is 0.641. The van der Waals surface area contributed by atoms with Crippen molar-refractivity contribution in [3.8, 4) is 0 Å². The van der Waals surface area contributed by atoms with Gasteiger partial charge in [-0.15, -0.1) is 0 Å². The van der Waals surface area contributed by atoms with E-state index in [9.17, 15) is 19.5 Å². The highest BCUT2D eigenvalue weighted by atomic mass is 16.7. The number of likely N-dealkylation sites (N-methyl/N-ethyl adjacent to an activating group) is 1. The van der Waals surface area contributed by atoms with Crippen LogP contribution in [0.3, 0.4) is 0 Å². The fourth-order valence-corrected chi connectivity index (χ4v) is 7.38. The topological polar surface area (TPSA) is 108 Å². The van der Waals surface area contributed by atoms with Crippen LogP contribution in [0.25, 0.3) is 0 Å². The molecule has 1 N–H and O–H groups in total. The molecule has 2 unspecified atom stereocenters. The molecule has 0 spiro atoms. The first-order valence-electron chi connectivity index (χ1n) is 28.7. The van der Waals surface area contributed by atoms with Crippen molar-refractivity contribution in [1.29, 1.82) is 0 Å². The molecule has 0 saturated carbocycles. The molecule has 0 rings (SSSR count). The van der Waals surface area contributed by atoms with Crippen molar-refractivity contribution in [2.24, 2.45) is 0 Å². The number of carbonyl (C=O) groups excluding carboxylic acids is 2. The summed E-state index contributed by atoms with van der Waals surface area (Å²) in [5, 5.41) is 9.69. The van der Waals surface area contributed by atoms with Gasteiger partial charge in [0.1, 0.15) is 13.2 Å². The summed E-state index contributed by atoms with van der Waals surface area (Å²) in [7, 11) is 5.93. The fourth-order valence-electron chi connectivity index (χ4n) is 7.38. The maximum absolute atomic E-state index is 12.8. The third-order valence-electron chi connectivity index (χ3n) is 11.7. The smallest absolute Gasteiger partial charge is 0.361 e. The van der Waals surface area contributed by atoms with Gasteiger partial charge in [0.15, 0.2) is 6.10 Å². The molecule has 0 aromatic rings. The van der Waals surface area contributed by atoms with Crippen molar-refractivity contribution in [3.05, 3.63) is 122 Å². The Bertz CT molecular complexity index is 1610. The summed E-state index contributed by atoms with van der Waals surface area (Å²) in [6.45, 7) is 4.55. The highest BCUT2D eigenvalue weighted by Gasteiger charge is 2.25. The Morgan fingerprint density at radius 1 is 0.411 bits per heavy atom. The van der Waals surface area contributed by atoms with E-state index < -0.39 is 24.3 Å². The lowest BCUT2D eigenvalue weighted by atomic mass is 10.0. The minimum Gasteiger partial charge on any atom is -0.477 e. The normalized spacial score (nSPS) is 13.7. The molecule has 0 radical (unpaired) electrons. The molecule has 9 nitrogen and oxygen atoms in total. The quantitative estimate of drug-likeness (QED) is 0.0211. The zero-order valence-corrected chi connectivity index (χ0v) is 47.0. The third-order valence-corrected chi connectivity index (χ3v) is 11.7. The summed E-state index contributed by atoms with van der Waals surface area (Å²) in [4.78, 5) is 37.4. The number of allylic oxidation sites excluding steroid dienone is 20. The number of quaternary nitrogens is 1. The third kappa shape index (κ3) is 55.3. The molecule has 414 valence electrons. The Morgan fingerprint density at radius 3 is 1.15 bits per heavy atom. The summed E-state index contributed by atoms with van der Waals surface area (Å²) in [5.41, 5.74) is 0. The Hall–Kier alpha value is -4.31. The second-order valence-electron chi connectivity index (χ2n) is 19.8. The van der Waals surface area contributed by atoms with Gasteiger partial charge in [0.2, 0.25) is 0 Å². The number of carbonyl (C=O) groups is 3. The van der Waals surface area contributed by atoms with Gasteiger partial charge >= 0.3 is 17.9 Å². The van der Waals surface area contributed by atoms with Crippen molar-refractivity contribution in [2.45, 2.75) is 219 Å². The first kappa shape index (κ1) is 68.7. The van der Waals surface area contributed by atoms with Crippen molar-refractivity contribution >= 4 is 17.9 Å². The van der Waals surface area contributed by atoms with E-state index >= 15 is 0 Å². The number of esters is 2. The average Bonchev–Trinajstić information content (AvgIpc) is 3.36. The molecule has 0 saturated heterocycles. The first-order chi connectivity index (χ1) is 35.6. The second kappa shape index (κ2) is 54.0. The monoisotopic (exact) mass is 1020 g/mol. The van der Waals surface area contributed by atoms with Crippen molar-refractivity contribution in [3.63, 3.8) is 0 Å². The first-order valence-corrected chi connectivity index (χ1v) is 28.7. The number of aliphatic carboxylic acids is 1. The SMILES string of the molecule is CC/C=C\C/C=C\C/C=C\C/C=C\C/C=C\C/C=C\CCC(=O)OC(COC(=O)CCCCCCCCCCCCCCCCCC/C=C\C/C=C\C/C=C\C/C=C\CC)COC(OCC[N+](C)(C)C)C(=O)O. The number of rotatable bonds is 51. The molecule has 0 heterocycles. The van der Waals surface area contributed by atoms with E-state index in [0.717, 1.165) is 83.5 Å². The van der Waals surface area contributed by atoms with E-state index in [2.05, 4.69) is 123 Å². The van der Waals surface area contributed by atoms with Gasteiger partial charge in [-0.3, -0.25) is 9.59 Å². The van der Waals surface area contributed by atoms with E-state index in [1.54, 1.807) is 0 Å². The number of carboxylic acids is 1. The van der Waals surface area contributed by atoms with E-state index in [4.69, 9.17) is 18.9 Å². The molecule has 0 aromatic carbocycles. The van der Waals surface area contributed by atoms with Crippen LogP contribution in [0.1, 0.15) is 206 Å². The zero-order valence-electron chi connectivity index (χ0n) is 47.0. The Morgan fingerprint density at radius 2 is 0.767 bits per heavy atom. The maximum Gasteiger partial charge on any atom is 0.361 e. The number of hydrogen-bond donors (Lipinski definition) is 1. The summed E-state index contributed by atoms with van der Waals surface area (Å²) in [5.74, 6) is -2.13. The van der Waals surface area contributed by atoms with Gasteiger partial charge < -0.3 is 28.5 Å². The van der Waals surface area contributed by atoms with Crippen LogP contribution in [0.15, 0.2) is 122 Å². The molecule has 0 aliphatic carbocycles. The van der Waals surface area contributed by atoms with E-state index in [-0.39, 0.29) is 38.6 Å². The van der Waals surface area contributed by atoms with Gasteiger partial charge in [0.05, 0.1) is 34.4 Å². The predicted octanol–water partition coefficient (Wildman–Crippen LogP) is 16.9. The minimum atomic E-state index is -1.54. The Kier molecular flexibility index (Phi) is 50.8. The van der Waals surface area contributed by atoms with Crippen LogP contribution in [0, 0.1) is 0 Å². The van der Waals surface area contributed by atoms with E-state index in [0.29, 0.717) is 17.4 Å². The van der Waals surface area contributed by atoms with Gasteiger partial charge in [0.25, 0.3) is 6.29 Å².